The largest absolute Gasteiger partial charge is 0.489 e. The lowest BCUT2D eigenvalue weighted by atomic mass is 9.97. The first-order chi connectivity index (χ1) is 19.8. The summed E-state index contributed by atoms with van der Waals surface area (Å²) < 4.78 is 17.0. The van der Waals surface area contributed by atoms with Gasteiger partial charge in [-0.2, -0.15) is 0 Å². The summed E-state index contributed by atoms with van der Waals surface area (Å²) in [5.74, 6) is -0.439. The van der Waals surface area contributed by atoms with Crippen LogP contribution >= 0.6 is 11.3 Å². The van der Waals surface area contributed by atoms with Crippen LogP contribution < -0.4 is 15.1 Å². The number of fused-ring (bicyclic) bond motifs is 2. The Bertz CT molecular complexity index is 1880. The van der Waals surface area contributed by atoms with Crippen LogP contribution in [0, 0.1) is 20.8 Å². The van der Waals surface area contributed by atoms with Gasteiger partial charge in [0.15, 0.2) is 10.6 Å². The Balaban J connectivity index is 1.47. The number of anilines is 1. The number of methoxy groups -OCH3 is 1. The zero-order chi connectivity index (χ0) is 28.8. The standard InChI is InChI=1S/C32H26N2O6S/c1-17-14-23-24(15-18(17)2)40-28-25(27(23)35)26(34(30(28)36)32-33-19(3)29(41-32)31(37)38-4)21-10-12-22(13-11-21)39-16-20-8-6-5-7-9-20/h5-15,26H,16H2,1-4H3. The molecule has 9 heteroatoms. The van der Waals surface area contributed by atoms with Gasteiger partial charge in [-0.1, -0.05) is 53.8 Å². The van der Waals surface area contributed by atoms with E-state index in [1.807, 2.05) is 68.4 Å². The Morgan fingerprint density at radius 2 is 1.71 bits per heavy atom. The molecule has 0 bridgehead atoms. The van der Waals surface area contributed by atoms with Gasteiger partial charge in [0.05, 0.1) is 29.8 Å². The predicted octanol–water partition coefficient (Wildman–Crippen LogP) is 6.29. The number of esters is 1. The zero-order valence-electron chi connectivity index (χ0n) is 22.9. The molecule has 1 aliphatic heterocycles. The number of carbonyl (C=O) groups excluding carboxylic acids is 2. The Morgan fingerprint density at radius 1 is 1.00 bits per heavy atom. The summed E-state index contributed by atoms with van der Waals surface area (Å²) in [7, 11) is 1.29. The summed E-state index contributed by atoms with van der Waals surface area (Å²) in [5, 5.41) is 0.671. The Hall–Kier alpha value is -4.76. The smallest absolute Gasteiger partial charge is 0.350 e. The fraction of sp³-hybridized carbons (Fsp3) is 0.188. The molecule has 8 nitrogen and oxygen atoms in total. The Morgan fingerprint density at radius 3 is 2.41 bits per heavy atom. The van der Waals surface area contributed by atoms with E-state index in [0.29, 0.717) is 34.6 Å². The molecule has 2 aromatic heterocycles. The molecule has 3 aromatic carbocycles. The van der Waals surface area contributed by atoms with E-state index < -0.39 is 17.9 Å². The van der Waals surface area contributed by atoms with Gasteiger partial charge in [-0.3, -0.25) is 14.5 Å². The maximum atomic E-state index is 14.0. The van der Waals surface area contributed by atoms with Gasteiger partial charge in [0, 0.05) is 0 Å². The molecule has 0 spiro atoms. The van der Waals surface area contributed by atoms with Gasteiger partial charge >= 0.3 is 5.97 Å². The maximum Gasteiger partial charge on any atom is 0.350 e. The molecule has 6 rings (SSSR count). The molecule has 206 valence electrons. The number of hydrogen-bond donors (Lipinski definition) is 0. The molecule has 1 atom stereocenters. The average molecular weight is 567 g/mol. The number of aryl methyl sites for hydroxylation is 3. The summed E-state index contributed by atoms with van der Waals surface area (Å²) >= 11 is 1.04. The zero-order valence-corrected chi connectivity index (χ0v) is 23.7. The van der Waals surface area contributed by atoms with Crippen LogP contribution in [0.4, 0.5) is 5.13 Å². The van der Waals surface area contributed by atoms with Gasteiger partial charge in [-0.05, 0) is 67.3 Å². The van der Waals surface area contributed by atoms with E-state index in [-0.39, 0.29) is 26.8 Å². The van der Waals surface area contributed by atoms with Crippen LogP contribution in [0.2, 0.25) is 0 Å². The number of thiazole rings is 1. The van der Waals surface area contributed by atoms with Gasteiger partial charge < -0.3 is 13.9 Å². The van der Waals surface area contributed by atoms with Gasteiger partial charge in [0.25, 0.3) is 5.91 Å². The Labute approximate surface area is 239 Å². The maximum absolute atomic E-state index is 14.0. The van der Waals surface area contributed by atoms with Gasteiger partial charge in [0.1, 0.15) is 22.8 Å². The third kappa shape index (κ3) is 4.58. The second-order valence-electron chi connectivity index (χ2n) is 9.93. The minimum absolute atomic E-state index is 0.0346. The normalized spacial score (nSPS) is 14.4. The third-order valence-corrected chi connectivity index (χ3v) is 8.43. The van der Waals surface area contributed by atoms with Crippen molar-refractivity contribution in [3.8, 4) is 5.75 Å². The van der Waals surface area contributed by atoms with Crippen molar-refractivity contribution >= 4 is 39.3 Å². The highest BCUT2D eigenvalue weighted by Gasteiger charge is 2.45. The van der Waals surface area contributed by atoms with Crippen molar-refractivity contribution in [1.29, 1.82) is 0 Å². The SMILES string of the molecule is COC(=O)c1sc(N2C(=O)c3oc4cc(C)c(C)cc4c(=O)c3C2c2ccc(OCc3ccccc3)cc2)nc1C. The van der Waals surface area contributed by atoms with E-state index in [0.717, 1.165) is 28.0 Å². The highest BCUT2D eigenvalue weighted by molar-refractivity contribution is 7.17. The van der Waals surface area contributed by atoms with Crippen molar-refractivity contribution in [2.24, 2.45) is 0 Å². The van der Waals surface area contributed by atoms with E-state index in [1.165, 1.54) is 12.0 Å². The molecule has 0 aliphatic carbocycles. The number of nitrogens with zero attached hydrogens (tertiary/aromatic N) is 2. The first-order valence-electron chi connectivity index (χ1n) is 13.0. The Kier molecular flexibility index (Phi) is 6.67. The number of amides is 1. The molecule has 0 fully saturated rings. The van der Waals surface area contributed by atoms with Gasteiger partial charge in [0.2, 0.25) is 5.76 Å². The molecule has 1 unspecified atom stereocenters. The van der Waals surface area contributed by atoms with Gasteiger partial charge in [-0.15, -0.1) is 0 Å². The van der Waals surface area contributed by atoms with Crippen LogP contribution in [0.3, 0.4) is 0 Å². The summed E-state index contributed by atoms with van der Waals surface area (Å²) in [6.07, 6.45) is 0. The molecule has 0 radical (unpaired) electrons. The number of ether oxygens (including phenoxy) is 2. The van der Waals surface area contributed by atoms with Crippen LogP contribution in [0.25, 0.3) is 11.0 Å². The lowest BCUT2D eigenvalue weighted by Gasteiger charge is -2.22. The van der Waals surface area contributed by atoms with Crippen LogP contribution in [0.5, 0.6) is 5.75 Å². The lowest BCUT2D eigenvalue weighted by Crippen LogP contribution is -2.29. The number of carbonyl (C=O) groups is 2. The van der Waals surface area contributed by atoms with Crippen molar-refractivity contribution in [3.05, 3.63) is 121 Å². The molecular weight excluding hydrogens is 540 g/mol. The minimum atomic E-state index is -0.820. The second kappa shape index (κ2) is 10.3. The molecule has 5 aromatic rings. The van der Waals surface area contributed by atoms with Crippen LogP contribution in [-0.4, -0.2) is 24.0 Å². The van der Waals surface area contributed by atoms with E-state index >= 15 is 0 Å². The fourth-order valence-electron chi connectivity index (χ4n) is 5.00. The van der Waals surface area contributed by atoms with Crippen molar-refractivity contribution in [2.45, 2.75) is 33.4 Å². The number of rotatable bonds is 6. The third-order valence-electron chi connectivity index (χ3n) is 7.29. The first-order valence-corrected chi connectivity index (χ1v) is 13.8. The number of benzene rings is 3. The van der Waals surface area contributed by atoms with Crippen molar-refractivity contribution < 1.29 is 23.5 Å². The van der Waals surface area contributed by atoms with Crippen molar-refractivity contribution in [2.75, 3.05) is 12.0 Å². The molecule has 0 saturated carbocycles. The summed E-state index contributed by atoms with van der Waals surface area (Å²) in [6.45, 7) is 5.93. The van der Waals surface area contributed by atoms with Crippen molar-refractivity contribution in [1.82, 2.24) is 4.98 Å². The summed E-state index contributed by atoms with van der Waals surface area (Å²) in [6, 6.07) is 19.8. The number of aromatic nitrogens is 1. The fourth-order valence-corrected chi connectivity index (χ4v) is 6.01. The molecule has 1 aliphatic rings. The summed E-state index contributed by atoms with van der Waals surface area (Å²) in [5.41, 5.74) is 4.33. The number of hydrogen-bond acceptors (Lipinski definition) is 8. The highest BCUT2D eigenvalue weighted by Crippen LogP contribution is 2.43. The quantitative estimate of drug-likeness (QED) is 0.223. The topological polar surface area (TPSA) is 98.9 Å². The molecular formula is C32H26N2O6S. The monoisotopic (exact) mass is 566 g/mol. The molecule has 3 heterocycles. The van der Waals surface area contributed by atoms with Crippen LogP contribution in [0.15, 0.2) is 75.9 Å². The van der Waals surface area contributed by atoms with E-state index in [4.69, 9.17) is 13.9 Å². The summed E-state index contributed by atoms with van der Waals surface area (Å²) in [4.78, 5) is 46.5. The molecule has 41 heavy (non-hydrogen) atoms. The van der Waals surface area contributed by atoms with Gasteiger partial charge in [-0.25, -0.2) is 9.78 Å². The van der Waals surface area contributed by atoms with Crippen molar-refractivity contribution in [3.63, 3.8) is 0 Å². The average Bonchev–Trinajstić information content (AvgIpc) is 3.50. The highest BCUT2D eigenvalue weighted by atomic mass is 32.1. The van der Waals surface area contributed by atoms with E-state index in [9.17, 15) is 14.4 Å². The van der Waals surface area contributed by atoms with Crippen LogP contribution in [0.1, 0.15) is 59.8 Å². The predicted molar refractivity (Wildman–Crippen MR) is 156 cm³/mol. The molecule has 1 amide bonds. The molecule has 0 saturated heterocycles. The first kappa shape index (κ1) is 26.5. The second-order valence-corrected chi connectivity index (χ2v) is 10.9. The minimum Gasteiger partial charge on any atom is -0.489 e. The van der Waals surface area contributed by atoms with E-state index in [2.05, 4.69) is 4.98 Å². The molecule has 0 N–H and O–H groups in total. The van der Waals surface area contributed by atoms with Crippen LogP contribution in [-0.2, 0) is 11.3 Å². The van der Waals surface area contributed by atoms with E-state index in [1.54, 1.807) is 19.1 Å². The lowest BCUT2D eigenvalue weighted by molar-refractivity contribution is 0.0605.